The molecular formula is C11H10ClN3O2. The minimum absolute atomic E-state index is 0.0394. The van der Waals surface area contributed by atoms with Crippen LogP contribution in [-0.2, 0) is 7.05 Å². The topological polar surface area (TPSA) is 70.1 Å². The summed E-state index contributed by atoms with van der Waals surface area (Å²) in [6, 6.07) is 4.78. The van der Waals surface area contributed by atoms with Gasteiger partial charge < -0.3 is 15.0 Å². The molecule has 0 fully saturated rings. The second kappa shape index (κ2) is 4.47. The Kier molecular flexibility index (Phi) is 3.01. The molecule has 0 atom stereocenters. The summed E-state index contributed by atoms with van der Waals surface area (Å²) in [5.74, 6) is 0.268. The second-order valence-corrected chi connectivity index (χ2v) is 3.85. The quantitative estimate of drug-likeness (QED) is 0.827. The molecule has 1 heterocycles. The summed E-state index contributed by atoms with van der Waals surface area (Å²) in [6.45, 7) is 0. The minimum atomic E-state index is -0.342. The van der Waals surface area contributed by atoms with E-state index in [4.69, 9.17) is 22.1 Å². The van der Waals surface area contributed by atoms with Crippen molar-refractivity contribution in [2.45, 2.75) is 0 Å². The van der Waals surface area contributed by atoms with Crippen molar-refractivity contribution < 1.29 is 4.74 Å². The average Bonchev–Trinajstić information content (AvgIpc) is 2.30. The molecule has 0 aliphatic rings. The second-order valence-electron chi connectivity index (χ2n) is 3.44. The zero-order valence-electron chi connectivity index (χ0n) is 9.05. The summed E-state index contributed by atoms with van der Waals surface area (Å²) in [5.41, 5.74) is 5.76. The highest BCUT2D eigenvalue weighted by atomic mass is 35.5. The highest BCUT2D eigenvalue weighted by molar-refractivity contribution is 6.32. The Labute approximate surface area is 102 Å². The van der Waals surface area contributed by atoms with E-state index in [0.717, 1.165) is 0 Å². The molecule has 1 aromatic carbocycles. The summed E-state index contributed by atoms with van der Waals surface area (Å²) in [4.78, 5) is 15.5. The van der Waals surface area contributed by atoms with Crippen LogP contribution < -0.4 is 16.0 Å². The first-order valence-electron chi connectivity index (χ1n) is 4.82. The zero-order chi connectivity index (χ0) is 12.4. The maximum absolute atomic E-state index is 11.7. The van der Waals surface area contributed by atoms with Crippen LogP contribution >= 0.6 is 11.6 Å². The summed E-state index contributed by atoms with van der Waals surface area (Å²) in [7, 11) is 1.61. The van der Waals surface area contributed by atoms with Gasteiger partial charge in [0, 0.05) is 31.2 Å². The van der Waals surface area contributed by atoms with Crippen molar-refractivity contribution in [1.29, 1.82) is 0 Å². The van der Waals surface area contributed by atoms with Crippen LogP contribution in [0.3, 0.4) is 0 Å². The Morgan fingerprint density at radius 1 is 1.47 bits per heavy atom. The normalized spacial score (nSPS) is 10.2. The lowest BCUT2D eigenvalue weighted by molar-refractivity contribution is 0.449. The van der Waals surface area contributed by atoms with E-state index in [2.05, 4.69) is 4.98 Å². The van der Waals surface area contributed by atoms with Crippen molar-refractivity contribution in [3.63, 3.8) is 0 Å². The molecule has 0 aliphatic heterocycles. The fraction of sp³-hybridized carbons (Fsp3) is 0.0909. The van der Waals surface area contributed by atoms with Crippen LogP contribution in [0.5, 0.6) is 11.6 Å². The number of hydrogen-bond donors (Lipinski definition) is 1. The van der Waals surface area contributed by atoms with Gasteiger partial charge >= 0.3 is 5.56 Å². The molecule has 0 bridgehead atoms. The van der Waals surface area contributed by atoms with E-state index >= 15 is 0 Å². The average molecular weight is 252 g/mol. The number of anilines is 1. The van der Waals surface area contributed by atoms with E-state index in [1.54, 1.807) is 19.2 Å². The number of hydrogen-bond acceptors (Lipinski definition) is 4. The molecule has 0 unspecified atom stereocenters. The van der Waals surface area contributed by atoms with Crippen molar-refractivity contribution in [2.75, 3.05) is 5.73 Å². The predicted molar refractivity (Wildman–Crippen MR) is 65.4 cm³/mol. The van der Waals surface area contributed by atoms with Gasteiger partial charge in [-0.1, -0.05) is 11.6 Å². The third kappa shape index (κ3) is 2.39. The molecule has 5 nitrogen and oxygen atoms in total. The maximum Gasteiger partial charge on any atom is 0.313 e. The number of halogens is 1. The molecule has 88 valence electrons. The largest absolute Gasteiger partial charge is 0.433 e. The molecule has 2 N–H and O–H groups in total. The van der Waals surface area contributed by atoms with Crippen molar-refractivity contribution in [3.8, 4) is 11.6 Å². The molecule has 1 aromatic heterocycles. The molecule has 2 aromatic rings. The number of nitrogen functional groups attached to an aromatic ring is 1. The Morgan fingerprint density at radius 2 is 2.24 bits per heavy atom. The van der Waals surface area contributed by atoms with Crippen LogP contribution in [0.15, 0.2) is 35.4 Å². The first-order chi connectivity index (χ1) is 8.08. The van der Waals surface area contributed by atoms with Gasteiger partial charge in [-0.3, -0.25) is 4.79 Å². The number of benzene rings is 1. The summed E-state index contributed by atoms with van der Waals surface area (Å²) in [5, 5.41) is 0.368. The van der Waals surface area contributed by atoms with Gasteiger partial charge in [-0.2, -0.15) is 0 Å². The van der Waals surface area contributed by atoms with E-state index in [0.29, 0.717) is 16.5 Å². The molecule has 0 saturated carbocycles. The number of nitrogens with zero attached hydrogens (tertiary/aromatic N) is 2. The van der Waals surface area contributed by atoms with Crippen molar-refractivity contribution in [2.24, 2.45) is 7.05 Å². The third-order valence-electron chi connectivity index (χ3n) is 2.15. The predicted octanol–water partition coefficient (Wildman–Crippen LogP) is 1.81. The Bertz CT molecular complexity index is 610. The van der Waals surface area contributed by atoms with E-state index in [1.165, 1.54) is 23.0 Å². The fourth-order valence-electron chi connectivity index (χ4n) is 1.25. The molecular weight excluding hydrogens is 242 g/mol. The smallest absolute Gasteiger partial charge is 0.313 e. The molecule has 6 heteroatoms. The molecule has 0 saturated heterocycles. The standard InChI is InChI=1S/C11H10ClN3O2/c1-15-5-4-14-10(11(15)16)17-9-6-7(13)2-3-8(9)12/h2-6H,13H2,1H3. The highest BCUT2D eigenvalue weighted by Gasteiger charge is 2.08. The highest BCUT2D eigenvalue weighted by Crippen LogP contribution is 2.28. The third-order valence-corrected chi connectivity index (χ3v) is 2.46. The SMILES string of the molecule is Cn1ccnc(Oc2cc(N)ccc2Cl)c1=O. The van der Waals surface area contributed by atoms with Crippen LogP contribution in [0.25, 0.3) is 0 Å². The monoisotopic (exact) mass is 251 g/mol. The van der Waals surface area contributed by atoms with Crippen LogP contribution in [0.2, 0.25) is 5.02 Å². The first kappa shape index (κ1) is 11.5. The van der Waals surface area contributed by atoms with Gasteiger partial charge in [0.2, 0.25) is 0 Å². The van der Waals surface area contributed by atoms with Crippen LogP contribution in [0.4, 0.5) is 5.69 Å². The van der Waals surface area contributed by atoms with Gasteiger partial charge in [-0.05, 0) is 12.1 Å². The van der Waals surface area contributed by atoms with E-state index in [9.17, 15) is 4.79 Å². The Morgan fingerprint density at radius 3 is 3.00 bits per heavy atom. The fourth-order valence-corrected chi connectivity index (χ4v) is 1.40. The molecule has 0 amide bonds. The first-order valence-corrected chi connectivity index (χ1v) is 5.20. The van der Waals surface area contributed by atoms with Gasteiger partial charge in [0.1, 0.15) is 5.75 Å². The minimum Gasteiger partial charge on any atom is -0.433 e. The number of aryl methyl sites for hydroxylation is 1. The molecule has 2 rings (SSSR count). The lowest BCUT2D eigenvalue weighted by atomic mass is 10.3. The lowest BCUT2D eigenvalue weighted by Crippen LogP contribution is -2.18. The van der Waals surface area contributed by atoms with Crippen molar-refractivity contribution >= 4 is 17.3 Å². The Balaban J connectivity index is 2.41. The van der Waals surface area contributed by atoms with Gasteiger partial charge in [-0.15, -0.1) is 0 Å². The van der Waals surface area contributed by atoms with Gasteiger partial charge in [-0.25, -0.2) is 4.98 Å². The summed E-state index contributed by atoms with van der Waals surface area (Å²) < 4.78 is 6.71. The molecule has 17 heavy (non-hydrogen) atoms. The van der Waals surface area contributed by atoms with E-state index < -0.39 is 0 Å². The van der Waals surface area contributed by atoms with E-state index in [-0.39, 0.29) is 11.4 Å². The van der Waals surface area contributed by atoms with Crippen molar-refractivity contribution in [3.05, 3.63) is 46.0 Å². The van der Waals surface area contributed by atoms with Gasteiger partial charge in [0.25, 0.3) is 5.88 Å². The van der Waals surface area contributed by atoms with Gasteiger partial charge in [0.05, 0.1) is 5.02 Å². The van der Waals surface area contributed by atoms with Crippen molar-refractivity contribution in [1.82, 2.24) is 9.55 Å². The number of nitrogens with two attached hydrogens (primary N) is 1. The summed E-state index contributed by atoms with van der Waals surface area (Å²) >= 11 is 5.92. The number of rotatable bonds is 2. The molecule has 0 aliphatic carbocycles. The molecule has 0 radical (unpaired) electrons. The van der Waals surface area contributed by atoms with Crippen LogP contribution in [0.1, 0.15) is 0 Å². The number of aromatic nitrogens is 2. The van der Waals surface area contributed by atoms with Crippen LogP contribution in [-0.4, -0.2) is 9.55 Å². The number of ether oxygens (including phenoxy) is 1. The summed E-state index contributed by atoms with van der Waals surface area (Å²) in [6.07, 6.45) is 3.01. The zero-order valence-corrected chi connectivity index (χ0v) is 9.81. The van der Waals surface area contributed by atoms with E-state index in [1.807, 2.05) is 0 Å². The molecule has 0 spiro atoms. The Hall–Kier alpha value is -2.01. The van der Waals surface area contributed by atoms with Crippen LogP contribution in [0, 0.1) is 0 Å². The lowest BCUT2D eigenvalue weighted by Gasteiger charge is -2.07. The van der Waals surface area contributed by atoms with Gasteiger partial charge in [0.15, 0.2) is 0 Å². The maximum atomic E-state index is 11.7.